The first-order chi connectivity index (χ1) is 6.60. The van der Waals surface area contributed by atoms with Gasteiger partial charge in [0.15, 0.2) is 0 Å². The molecule has 0 aliphatic rings. The number of aryl methyl sites for hydroxylation is 1. The van der Waals surface area contributed by atoms with Crippen molar-refractivity contribution in [2.45, 2.75) is 6.92 Å². The zero-order valence-electron chi connectivity index (χ0n) is 7.80. The van der Waals surface area contributed by atoms with E-state index in [1.165, 1.54) is 20.1 Å². The second kappa shape index (κ2) is 3.88. The van der Waals surface area contributed by atoms with Gasteiger partial charge in [-0.1, -0.05) is 0 Å². The molecule has 0 aromatic heterocycles. The first kappa shape index (κ1) is 10.2. The molecule has 72 valence electrons. The summed E-state index contributed by atoms with van der Waals surface area (Å²) in [6, 6.07) is 4.07. The second-order valence-corrected chi connectivity index (χ2v) is 2.75. The van der Waals surface area contributed by atoms with Crippen LogP contribution in [0.15, 0.2) is 12.1 Å². The van der Waals surface area contributed by atoms with Crippen LogP contribution in [0.2, 0.25) is 0 Å². The molecule has 0 N–H and O–H groups in total. The van der Waals surface area contributed by atoms with Gasteiger partial charge in [0, 0.05) is 0 Å². The number of methoxy groups -OCH3 is 1. The van der Waals surface area contributed by atoms with E-state index in [-0.39, 0.29) is 11.1 Å². The van der Waals surface area contributed by atoms with Crippen molar-refractivity contribution >= 4 is 5.97 Å². The van der Waals surface area contributed by atoms with Gasteiger partial charge in [-0.25, -0.2) is 9.18 Å². The Labute approximate surface area is 80.7 Å². The highest BCUT2D eigenvalue weighted by Gasteiger charge is 2.14. The van der Waals surface area contributed by atoms with Crippen LogP contribution in [0.4, 0.5) is 4.39 Å². The molecule has 1 aromatic rings. The maximum Gasteiger partial charge on any atom is 0.339 e. The lowest BCUT2D eigenvalue weighted by molar-refractivity contribution is 0.0600. The van der Waals surface area contributed by atoms with Crippen molar-refractivity contribution < 1.29 is 13.9 Å². The summed E-state index contributed by atoms with van der Waals surface area (Å²) in [6.45, 7) is 1.52. The largest absolute Gasteiger partial charge is 0.465 e. The molecule has 0 radical (unpaired) electrons. The average molecular weight is 193 g/mol. The SMILES string of the molecule is COC(=O)c1cc(C)c(F)cc1C#N. The molecule has 4 heteroatoms. The van der Waals surface area contributed by atoms with E-state index in [1.54, 1.807) is 6.07 Å². The monoisotopic (exact) mass is 193 g/mol. The Bertz CT molecular complexity index is 421. The molecule has 3 nitrogen and oxygen atoms in total. The van der Waals surface area contributed by atoms with Crippen LogP contribution in [0.25, 0.3) is 0 Å². The van der Waals surface area contributed by atoms with Gasteiger partial charge in [0.25, 0.3) is 0 Å². The minimum Gasteiger partial charge on any atom is -0.465 e. The Kier molecular flexibility index (Phi) is 2.82. The fraction of sp³-hybridized carbons (Fsp3) is 0.200. The van der Waals surface area contributed by atoms with Crippen LogP contribution in [-0.4, -0.2) is 13.1 Å². The van der Waals surface area contributed by atoms with Gasteiger partial charge < -0.3 is 4.74 Å². The first-order valence-electron chi connectivity index (χ1n) is 3.88. The first-order valence-corrected chi connectivity index (χ1v) is 3.88. The van der Waals surface area contributed by atoms with Gasteiger partial charge >= 0.3 is 5.97 Å². The third-order valence-electron chi connectivity index (χ3n) is 1.82. The molecule has 0 saturated carbocycles. The van der Waals surface area contributed by atoms with Crippen molar-refractivity contribution in [2.24, 2.45) is 0 Å². The molecule has 1 aromatic carbocycles. The summed E-state index contributed by atoms with van der Waals surface area (Å²) in [5.74, 6) is -1.14. The van der Waals surface area contributed by atoms with E-state index in [0.29, 0.717) is 5.56 Å². The van der Waals surface area contributed by atoms with Gasteiger partial charge in [-0.3, -0.25) is 0 Å². The minimum absolute atomic E-state index is 0.0139. The number of esters is 1. The molecular formula is C10H8FNO2. The number of halogens is 1. The van der Waals surface area contributed by atoms with Crippen molar-refractivity contribution in [1.82, 2.24) is 0 Å². The van der Waals surface area contributed by atoms with Crippen LogP contribution in [-0.2, 0) is 4.74 Å². The van der Waals surface area contributed by atoms with Gasteiger partial charge in [0.2, 0.25) is 0 Å². The number of rotatable bonds is 1. The molecular weight excluding hydrogens is 185 g/mol. The average Bonchev–Trinajstić information content (AvgIpc) is 2.20. The minimum atomic E-state index is -0.635. The van der Waals surface area contributed by atoms with Crippen LogP contribution < -0.4 is 0 Å². The molecule has 0 heterocycles. The highest BCUT2D eigenvalue weighted by molar-refractivity contribution is 5.92. The van der Waals surface area contributed by atoms with E-state index in [4.69, 9.17) is 5.26 Å². The normalized spacial score (nSPS) is 9.29. The number of hydrogen-bond acceptors (Lipinski definition) is 3. The number of benzene rings is 1. The lowest BCUT2D eigenvalue weighted by atomic mass is 10.1. The third kappa shape index (κ3) is 1.72. The number of carbonyl (C=O) groups is 1. The summed E-state index contributed by atoms with van der Waals surface area (Å²) in [5, 5.41) is 8.65. The molecule has 0 atom stereocenters. The summed E-state index contributed by atoms with van der Waals surface area (Å²) in [5.41, 5.74) is 0.387. The van der Waals surface area contributed by atoms with E-state index >= 15 is 0 Å². The van der Waals surface area contributed by atoms with Crippen molar-refractivity contribution in [3.05, 3.63) is 34.6 Å². The molecule has 0 spiro atoms. The lowest BCUT2D eigenvalue weighted by Gasteiger charge is -2.03. The number of nitrogens with zero attached hydrogens (tertiary/aromatic N) is 1. The Balaban J connectivity index is 3.36. The maximum atomic E-state index is 13.0. The summed E-state index contributed by atoms with van der Waals surface area (Å²) in [7, 11) is 1.21. The van der Waals surface area contributed by atoms with E-state index in [9.17, 15) is 9.18 Å². The molecule has 0 bridgehead atoms. The number of ether oxygens (including phenoxy) is 1. The third-order valence-corrected chi connectivity index (χ3v) is 1.82. The van der Waals surface area contributed by atoms with Crippen molar-refractivity contribution in [3.63, 3.8) is 0 Å². The highest BCUT2D eigenvalue weighted by atomic mass is 19.1. The van der Waals surface area contributed by atoms with E-state index < -0.39 is 11.8 Å². The molecule has 0 fully saturated rings. The second-order valence-electron chi connectivity index (χ2n) is 2.75. The molecule has 0 aliphatic carbocycles. The van der Waals surface area contributed by atoms with Crippen LogP contribution in [0.3, 0.4) is 0 Å². The Morgan fingerprint density at radius 1 is 1.57 bits per heavy atom. The lowest BCUT2D eigenvalue weighted by Crippen LogP contribution is -2.05. The van der Waals surface area contributed by atoms with Gasteiger partial charge in [0.1, 0.15) is 11.9 Å². The summed E-state index contributed by atoms with van der Waals surface area (Å²) in [4.78, 5) is 11.2. The zero-order valence-corrected chi connectivity index (χ0v) is 7.80. The summed E-state index contributed by atoms with van der Waals surface area (Å²) < 4.78 is 17.5. The standard InChI is InChI=1S/C10H8FNO2/c1-6-3-8(10(13)14-2)7(5-12)4-9(6)11/h3-4H,1-2H3. The van der Waals surface area contributed by atoms with Crippen LogP contribution >= 0.6 is 0 Å². The molecule has 0 aliphatic heterocycles. The topological polar surface area (TPSA) is 50.1 Å². The smallest absolute Gasteiger partial charge is 0.339 e. The van der Waals surface area contributed by atoms with Crippen molar-refractivity contribution in [3.8, 4) is 6.07 Å². The number of carbonyl (C=O) groups excluding carboxylic acids is 1. The molecule has 14 heavy (non-hydrogen) atoms. The molecule has 1 rings (SSSR count). The molecule has 0 unspecified atom stereocenters. The predicted octanol–water partition coefficient (Wildman–Crippen LogP) is 1.79. The van der Waals surface area contributed by atoms with Gasteiger partial charge in [-0.2, -0.15) is 5.26 Å². The fourth-order valence-electron chi connectivity index (χ4n) is 1.05. The van der Waals surface area contributed by atoms with E-state index in [1.807, 2.05) is 0 Å². The van der Waals surface area contributed by atoms with Crippen molar-refractivity contribution in [2.75, 3.05) is 7.11 Å². The number of nitriles is 1. The Morgan fingerprint density at radius 2 is 2.21 bits per heavy atom. The zero-order chi connectivity index (χ0) is 10.7. The van der Waals surface area contributed by atoms with Crippen LogP contribution in [0.5, 0.6) is 0 Å². The fourth-order valence-corrected chi connectivity index (χ4v) is 1.05. The van der Waals surface area contributed by atoms with Gasteiger partial charge in [-0.15, -0.1) is 0 Å². The van der Waals surface area contributed by atoms with E-state index in [0.717, 1.165) is 6.07 Å². The van der Waals surface area contributed by atoms with Crippen LogP contribution in [0.1, 0.15) is 21.5 Å². The molecule has 0 saturated heterocycles. The Morgan fingerprint density at radius 3 is 2.71 bits per heavy atom. The Hall–Kier alpha value is -1.89. The summed E-state index contributed by atoms with van der Waals surface area (Å²) >= 11 is 0. The van der Waals surface area contributed by atoms with Gasteiger partial charge in [-0.05, 0) is 24.6 Å². The quantitative estimate of drug-likeness (QED) is 0.639. The molecule has 0 amide bonds. The number of hydrogen-bond donors (Lipinski definition) is 0. The predicted molar refractivity (Wildman–Crippen MR) is 47.2 cm³/mol. The van der Waals surface area contributed by atoms with Crippen molar-refractivity contribution in [1.29, 1.82) is 5.26 Å². The van der Waals surface area contributed by atoms with Crippen LogP contribution in [0, 0.1) is 24.1 Å². The maximum absolute atomic E-state index is 13.0. The summed E-state index contributed by atoms with van der Waals surface area (Å²) in [6.07, 6.45) is 0. The van der Waals surface area contributed by atoms with E-state index in [2.05, 4.69) is 4.74 Å². The van der Waals surface area contributed by atoms with Gasteiger partial charge in [0.05, 0.1) is 18.2 Å². The highest BCUT2D eigenvalue weighted by Crippen LogP contribution is 2.15.